The first-order chi connectivity index (χ1) is 39.2. The molecule has 1 aliphatic heterocycles. The van der Waals surface area contributed by atoms with Crippen LogP contribution in [0.2, 0.25) is 0 Å². The zero-order valence-corrected chi connectivity index (χ0v) is 52.8. The lowest BCUT2D eigenvalue weighted by atomic mass is 9.76. The fraction of sp³-hybridized carbons (Fsp3) is 0.742. The first-order valence-electron chi connectivity index (χ1n) is 30.6. The molecule has 22 heteroatoms. The average Bonchev–Trinajstić information content (AvgIpc) is 4.10. The van der Waals surface area contributed by atoms with Gasteiger partial charge in [0.25, 0.3) is 5.91 Å². The molecule has 0 spiro atoms. The number of halogens is 1. The second-order valence-corrected chi connectivity index (χ2v) is 27.0. The minimum atomic E-state index is -1.66. The quantitative estimate of drug-likeness (QED) is 0.0447. The van der Waals surface area contributed by atoms with Crippen LogP contribution in [0.5, 0.6) is 0 Å². The molecular weight excluding hydrogens is 1080 g/mol. The predicted molar refractivity (Wildman–Crippen MR) is 320 cm³/mol. The SMILES string of the molecule is CC(C)C[C@H](NC(=O)[C@H](CC(C)C)NC(=O)C(C)(C)NC(=O)[C@H](CC(C)C)NC(=O)[C@H](CCC1CCCCC1)N(C=O)[C@@H]1CCCN1C(=O)c1ccc(F)cc1)C(=O)NC(C)(C)C(=O)NC(C)(C)C(=O)NCCC(=O)NC1(CN(C)C)CCC1. The van der Waals surface area contributed by atoms with Crippen molar-refractivity contribution in [2.45, 2.75) is 238 Å². The highest BCUT2D eigenvalue weighted by molar-refractivity contribution is 6.00. The normalized spacial score (nSPS) is 17.9. The largest absolute Gasteiger partial charge is 0.354 e. The zero-order valence-electron chi connectivity index (χ0n) is 52.8. The molecule has 472 valence electrons. The molecule has 10 amide bonds. The Morgan fingerprint density at radius 1 is 0.643 bits per heavy atom. The third-order valence-electron chi connectivity index (χ3n) is 16.3. The van der Waals surface area contributed by atoms with Crippen molar-refractivity contribution in [1.29, 1.82) is 0 Å². The van der Waals surface area contributed by atoms with Crippen LogP contribution in [0, 0.1) is 29.5 Å². The molecule has 0 bridgehead atoms. The van der Waals surface area contributed by atoms with E-state index in [9.17, 15) is 52.3 Å². The number of nitrogens with zero attached hydrogens (tertiary/aromatic N) is 3. The Morgan fingerprint density at radius 3 is 1.65 bits per heavy atom. The maximum atomic E-state index is 14.7. The number of benzene rings is 1. The first-order valence-corrected chi connectivity index (χ1v) is 30.6. The van der Waals surface area contributed by atoms with E-state index in [0.29, 0.717) is 38.1 Å². The molecule has 2 aliphatic carbocycles. The summed E-state index contributed by atoms with van der Waals surface area (Å²) >= 11 is 0. The van der Waals surface area contributed by atoms with Gasteiger partial charge in [0.2, 0.25) is 53.7 Å². The third kappa shape index (κ3) is 21.1. The summed E-state index contributed by atoms with van der Waals surface area (Å²) in [6.45, 7) is 21.1. The maximum absolute atomic E-state index is 14.7. The lowest BCUT2D eigenvalue weighted by molar-refractivity contribution is -0.141. The van der Waals surface area contributed by atoms with Gasteiger partial charge >= 0.3 is 0 Å². The lowest BCUT2D eigenvalue weighted by Gasteiger charge is -2.44. The van der Waals surface area contributed by atoms with Crippen LogP contribution in [0.3, 0.4) is 0 Å². The van der Waals surface area contributed by atoms with Crippen LogP contribution in [-0.4, -0.2) is 160 Å². The Morgan fingerprint density at radius 2 is 1.15 bits per heavy atom. The minimum absolute atomic E-state index is 0.0430. The molecular formula is C62H102FN11O10. The standard InChI is InChI=1S/C62H102FN11O10/c1-39(2)34-45(51(77)65-46(35-40(3)4)52(78)70-61(11,12)58(84)71-59(7,8)56(82)64-32-29-49(76)68-62(30-19-31-62)37-72(13)14)67-57(83)60(9,10)69-53(79)47(36-41(5)6)66-54(80)48(28-23-42-20-16-15-17-21-42)74(38-75)50-22-18-33-73(50)55(81)43-24-26-44(63)27-25-43/h24-27,38-42,45-48,50H,15-23,28-37H2,1-14H3,(H,64,82)(H,65,77)(H,66,80)(H,67,83)(H,68,76)(H,69,79)(H,70,78)(H,71,84)/t45-,46-,47-,48-,50+/m0/s1. The Labute approximate surface area is 498 Å². The van der Waals surface area contributed by atoms with Crippen molar-refractivity contribution in [2.24, 2.45) is 23.7 Å². The Kier molecular flexibility index (Phi) is 26.2. The van der Waals surface area contributed by atoms with Crippen LogP contribution in [0.15, 0.2) is 24.3 Å². The zero-order chi connectivity index (χ0) is 62.9. The summed E-state index contributed by atoms with van der Waals surface area (Å²) in [5, 5.41) is 22.6. The monoisotopic (exact) mass is 1180 g/mol. The summed E-state index contributed by atoms with van der Waals surface area (Å²) in [6, 6.07) is 0.576. The fourth-order valence-corrected chi connectivity index (χ4v) is 11.5. The molecule has 3 aliphatic rings. The van der Waals surface area contributed by atoms with E-state index < -0.39 is 100 Å². The van der Waals surface area contributed by atoms with E-state index in [1.165, 1.54) is 75.6 Å². The van der Waals surface area contributed by atoms with Crippen LogP contribution in [-0.2, 0) is 43.2 Å². The van der Waals surface area contributed by atoms with E-state index in [2.05, 4.69) is 42.5 Å². The number of hydrogen-bond donors (Lipinski definition) is 8. The molecule has 0 radical (unpaired) electrons. The number of rotatable bonds is 32. The number of likely N-dealkylation sites (tertiary alicyclic amines) is 1. The topological polar surface area (TPSA) is 277 Å². The van der Waals surface area contributed by atoms with Crippen molar-refractivity contribution in [3.8, 4) is 0 Å². The van der Waals surface area contributed by atoms with Gasteiger partial charge in [0.05, 0.1) is 5.54 Å². The molecule has 0 aromatic heterocycles. The highest BCUT2D eigenvalue weighted by Crippen LogP contribution is 2.33. The summed E-state index contributed by atoms with van der Waals surface area (Å²) < 4.78 is 13.9. The molecule has 0 unspecified atom stereocenters. The summed E-state index contributed by atoms with van der Waals surface area (Å²) in [5.74, 6) is -5.71. The van der Waals surface area contributed by atoms with Gasteiger partial charge in [0.15, 0.2) is 0 Å². The van der Waals surface area contributed by atoms with E-state index in [0.717, 1.165) is 57.9 Å². The van der Waals surface area contributed by atoms with Gasteiger partial charge in [-0.1, -0.05) is 73.6 Å². The maximum Gasteiger partial charge on any atom is 0.255 e. The Hall–Kier alpha value is -6.19. The van der Waals surface area contributed by atoms with Gasteiger partial charge in [0, 0.05) is 31.6 Å². The first kappa shape index (κ1) is 70.3. The van der Waals surface area contributed by atoms with Crippen molar-refractivity contribution in [3.05, 3.63) is 35.6 Å². The van der Waals surface area contributed by atoms with Crippen LogP contribution in [0.1, 0.15) is 196 Å². The number of likely N-dealkylation sites (N-methyl/N-ethyl adjacent to an activating group) is 1. The van der Waals surface area contributed by atoms with Crippen molar-refractivity contribution in [1.82, 2.24) is 57.2 Å². The minimum Gasteiger partial charge on any atom is -0.354 e. The number of hydrogen-bond acceptors (Lipinski definition) is 11. The molecule has 1 heterocycles. The number of nitrogens with one attached hydrogen (secondary N) is 8. The van der Waals surface area contributed by atoms with E-state index in [1.54, 1.807) is 0 Å². The summed E-state index contributed by atoms with van der Waals surface area (Å²) in [7, 11) is 3.91. The third-order valence-corrected chi connectivity index (χ3v) is 16.3. The van der Waals surface area contributed by atoms with E-state index in [1.807, 2.05) is 60.5 Å². The van der Waals surface area contributed by atoms with Crippen molar-refractivity contribution >= 4 is 59.6 Å². The van der Waals surface area contributed by atoms with Crippen LogP contribution in [0.4, 0.5) is 4.39 Å². The summed E-state index contributed by atoms with van der Waals surface area (Å²) in [6.07, 6.45) is 10.2. The molecule has 1 aromatic carbocycles. The van der Waals surface area contributed by atoms with Crippen LogP contribution >= 0.6 is 0 Å². The van der Waals surface area contributed by atoms with E-state index >= 15 is 0 Å². The van der Waals surface area contributed by atoms with Gasteiger partial charge in [-0.3, -0.25) is 47.9 Å². The van der Waals surface area contributed by atoms with Crippen molar-refractivity contribution in [3.63, 3.8) is 0 Å². The molecule has 84 heavy (non-hydrogen) atoms. The number of carbonyl (C=O) groups is 10. The van der Waals surface area contributed by atoms with Gasteiger partial charge < -0.3 is 57.2 Å². The molecule has 21 nitrogen and oxygen atoms in total. The number of carbonyl (C=O) groups excluding carboxylic acids is 10. The number of amides is 10. The van der Waals surface area contributed by atoms with Gasteiger partial charge in [0.1, 0.15) is 52.8 Å². The van der Waals surface area contributed by atoms with Gasteiger partial charge in [-0.15, -0.1) is 0 Å². The predicted octanol–water partition coefficient (Wildman–Crippen LogP) is 4.96. The highest BCUT2D eigenvalue weighted by atomic mass is 19.1. The molecule has 1 aromatic rings. The molecule has 1 saturated heterocycles. The Bertz CT molecular complexity index is 2440. The summed E-state index contributed by atoms with van der Waals surface area (Å²) in [4.78, 5) is 144. The van der Waals surface area contributed by atoms with Crippen LogP contribution in [0.25, 0.3) is 0 Å². The molecule has 5 atom stereocenters. The van der Waals surface area contributed by atoms with Gasteiger partial charge in [-0.2, -0.15) is 0 Å². The lowest BCUT2D eigenvalue weighted by Crippen LogP contribution is -2.65. The van der Waals surface area contributed by atoms with Crippen LogP contribution < -0.4 is 42.5 Å². The van der Waals surface area contributed by atoms with Gasteiger partial charge in [-0.05, 0) is 168 Å². The summed E-state index contributed by atoms with van der Waals surface area (Å²) in [5.41, 5.74) is -4.74. The van der Waals surface area contributed by atoms with Gasteiger partial charge in [-0.25, -0.2) is 4.39 Å². The molecule has 8 N–H and O–H groups in total. The average molecular weight is 1180 g/mol. The van der Waals surface area contributed by atoms with Crippen molar-refractivity contribution in [2.75, 3.05) is 33.7 Å². The fourth-order valence-electron chi connectivity index (χ4n) is 11.5. The molecule has 2 saturated carbocycles. The molecule has 4 rings (SSSR count). The Balaban J connectivity index is 1.44. The second kappa shape index (κ2) is 31.3. The van der Waals surface area contributed by atoms with Crippen molar-refractivity contribution < 1.29 is 52.3 Å². The van der Waals surface area contributed by atoms with E-state index in [-0.39, 0.29) is 73.4 Å². The smallest absolute Gasteiger partial charge is 0.255 e. The molecule has 3 fully saturated rings. The highest BCUT2D eigenvalue weighted by Gasteiger charge is 2.44. The van der Waals surface area contributed by atoms with E-state index in [4.69, 9.17) is 0 Å². The second-order valence-electron chi connectivity index (χ2n) is 27.0.